The van der Waals surface area contributed by atoms with Crippen LogP contribution >= 0.6 is 23.2 Å². The zero-order chi connectivity index (χ0) is 20.2. The third-order valence-electron chi connectivity index (χ3n) is 5.11. The summed E-state index contributed by atoms with van der Waals surface area (Å²) in [5.74, 6) is -0.150. The summed E-state index contributed by atoms with van der Waals surface area (Å²) < 4.78 is 15.9. The van der Waals surface area contributed by atoms with Gasteiger partial charge in [-0.2, -0.15) is 0 Å². The fraction of sp³-hybridized carbons (Fsp3) is 0.167. The van der Waals surface area contributed by atoms with E-state index in [1.54, 1.807) is 6.07 Å². The molecular weight excluding hydrogens is 406 g/mol. The van der Waals surface area contributed by atoms with Crippen LogP contribution in [0.4, 0.5) is 4.39 Å². The van der Waals surface area contributed by atoms with Crippen molar-refractivity contribution in [3.8, 4) is 0 Å². The fourth-order valence-corrected chi connectivity index (χ4v) is 4.11. The molecule has 0 saturated carbocycles. The highest BCUT2D eigenvalue weighted by atomic mass is 35.5. The molecule has 0 atom stereocenters. The van der Waals surface area contributed by atoms with Gasteiger partial charge in [0.1, 0.15) is 5.82 Å². The Balaban J connectivity index is 1.51. The average Bonchev–Trinajstić information content (AvgIpc) is 3.07. The van der Waals surface area contributed by atoms with E-state index in [1.807, 2.05) is 42.5 Å². The van der Waals surface area contributed by atoms with Crippen molar-refractivity contribution in [1.29, 1.82) is 0 Å². The topological polar surface area (TPSA) is 17.0 Å². The molecule has 1 N–H and O–H groups in total. The van der Waals surface area contributed by atoms with E-state index in [1.165, 1.54) is 17.0 Å². The fourth-order valence-electron chi connectivity index (χ4n) is 3.60. The number of fused-ring (bicyclic) bond motifs is 1. The molecule has 5 heteroatoms. The highest BCUT2D eigenvalue weighted by molar-refractivity contribution is 6.36. The summed E-state index contributed by atoms with van der Waals surface area (Å²) in [6, 6.07) is 20.8. The van der Waals surface area contributed by atoms with Crippen molar-refractivity contribution in [2.45, 2.75) is 19.5 Å². The van der Waals surface area contributed by atoms with Gasteiger partial charge in [-0.05, 0) is 48.4 Å². The van der Waals surface area contributed by atoms with Gasteiger partial charge in [-0.15, -0.1) is 0 Å². The summed E-state index contributed by atoms with van der Waals surface area (Å²) in [7, 11) is 0. The summed E-state index contributed by atoms with van der Waals surface area (Å²) >= 11 is 12.7. The Morgan fingerprint density at radius 2 is 1.55 bits per heavy atom. The van der Waals surface area contributed by atoms with Gasteiger partial charge in [-0.25, -0.2) is 4.39 Å². The molecule has 0 aliphatic carbocycles. The Hall–Kier alpha value is -2.33. The number of halogens is 3. The lowest BCUT2D eigenvalue weighted by Crippen LogP contribution is -2.17. The van der Waals surface area contributed by atoms with E-state index in [4.69, 9.17) is 23.2 Å². The maximum absolute atomic E-state index is 13.8. The molecule has 3 aromatic carbocycles. The van der Waals surface area contributed by atoms with Crippen LogP contribution in [0, 0.1) is 5.82 Å². The first kappa shape index (κ1) is 20.0. The third kappa shape index (κ3) is 4.48. The van der Waals surface area contributed by atoms with Crippen LogP contribution in [0.2, 0.25) is 10.0 Å². The maximum Gasteiger partial charge on any atom is 0.126 e. The largest absolute Gasteiger partial charge is 0.343 e. The molecule has 4 rings (SSSR count). The van der Waals surface area contributed by atoms with Crippen molar-refractivity contribution < 1.29 is 4.39 Å². The van der Waals surface area contributed by atoms with Crippen LogP contribution in [0.15, 0.2) is 72.9 Å². The van der Waals surface area contributed by atoms with Crippen LogP contribution in [0.3, 0.4) is 0 Å². The Kier molecular flexibility index (Phi) is 6.19. The molecule has 29 heavy (non-hydrogen) atoms. The number of hydrogen-bond donors (Lipinski definition) is 1. The molecule has 148 valence electrons. The number of nitrogens with zero attached hydrogens (tertiary/aromatic N) is 1. The molecule has 0 aliphatic heterocycles. The summed E-state index contributed by atoms with van der Waals surface area (Å²) in [6.45, 7) is 2.02. The van der Waals surface area contributed by atoms with Gasteiger partial charge in [-0.3, -0.25) is 0 Å². The van der Waals surface area contributed by atoms with E-state index < -0.39 is 0 Å². The minimum atomic E-state index is -0.150. The van der Waals surface area contributed by atoms with Crippen LogP contribution in [-0.2, 0) is 19.5 Å². The molecule has 2 nitrogen and oxygen atoms in total. The highest BCUT2D eigenvalue weighted by Gasteiger charge is 2.12. The smallest absolute Gasteiger partial charge is 0.126 e. The number of rotatable bonds is 7. The van der Waals surface area contributed by atoms with Crippen LogP contribution in [-0.4, -0.2) is 11.1 Å². The molecule has 0 aliphatic rings. The van der Waals surface area contributed by atoms with Gasteiger partial charge in [0, 0.05) is 39.3 Å². The second-order valence-electron chi connectivity index (χ2n) is 7.02. The minimum Gasteiger partial charge on any atom is -0.343 e. The van der Waals surface area contributed by atoms with Gasteiger partial charge < -0.3 is 9.88 Å². The molecule has 0 bridgehead atoms. The first-order valence-electron chi connectivity index (χ1n) is 9.57. The predicted octanol–water partition coefficient (Wildman–Crippen LogP) is 6.47. The van der Waals surface area contributed by atoms with E-state index in [2.05, 4.69) is 28.2 Å². The van der Waals surface area contributed by atoms with Crippen molar-refractivity contribution >= 4 is 34.1 Å². The number of aromatic nitrogens is 1. The SMILES string of the molecule is Fc1ccccc1CCNCc1cn(Cc2c(Cl)cccc2Cl)c2ccccc12. The number of nitrogens with one attached hydrogen (secondary N) is 1. The summed E-state index contributed by atoms with van der Waals surface area (Å²) in [4.78, 5) is 0. The molecule has 1 heterocycles. The Labute approximate surface area is 179 Å². The lowest BCUT2D eigenvalue weighted by atomic mass is 10.1. The quantitative estimate of drug-likeness (QED) is 0.335. The van der Waals surface area contributed by atoms with Crippen molar-refractivity contribution in [1.82, 2.24) is 9.88 Å². The monoisotopic (exact) mass is 426 g/mol. The first-order chi connectivity index (χ1) is 14.1. The Morgan fingerprint density at radius 3 is 2.34 bits per heavy atom. The number of benzene rings is 3. The van der Waals surface area contributed by atoms with E-state index >= 15 is 0 Å². The summed E-state index contributed by atoms with van der Waals surface area (Å²) in [5, 5.41) is 5.96. The first-order valence-corrected chi connectivity index (χ1v) is 10.3. The van der Waals surface area contributed by atoms with E-state index in [9.17, 15) is 4.39 Å². The van der Waals surface area contributed by atoms with Crippen molar-refractivity contribution in [3.05, 3.63) is 105 Å². The van der Waals surface area contributed by atoms with Crippen molar-refractivity contribution in [3.63, 3.8) is 0 Å². The standard InChI is InChI=1S/C24H21Cl2FN2/c25-21-8-5-9-22(26)20(21)16-29-15-18(19-7-2-4-11-24(19)29)14-28-13-12-17-6-1-3-10-23(17)27/h1-11,15,28H,12-14,16H2. The van der Waals surface area contributed by atoms with Crippen LogP contribution < -0.4 is 5.32 Å². The highest BCUT2D eigenvalue weighted by Crippen LogP contribution is 2.28. The average molecular weight is 427 g/mol. The van der Waals surface area contributed by atoms with Gasteiger partial charge in [0.15, 0.2) is 0 Å². The van der Waals surface area contributed by atoms with Gasteiger partial charge in [-0.1, -0.05) is 65.7 Å². The second-order valence-corrected chi connectivity index (χ2v) is 7.83. The third-order valence-corrected chi connectivity index (χ3v) is 5.81. The minimum absolute atomic E-state index is 0.150. The van der Waals surface area contributed by atoms with Gasteiger partial charge >= 0.3 is 0 Å². The zero-order valence-corrected chi connectivity index (χ0v) is 17.3. The van der Waals surface area contributed by atoms with Gasteiger partial charge in [0.2, 0.25) is 0 Å². The molecule has 0 amide bonds. The van der Waals surface area contributed by atoms with Crippen LogP contribution in [0.1, 0.15) is 16.7 Å². The number of para-hydroxylation sites is 1. The Morgan fingerprint density at radius 1 is 0.828 bits per heavy atom. The Bertz CT molecular complexity index is 1120. The molecule has 0 radical (unpaired) electrons. The lowest BCUT2D eigenvalue weighted by molar-refractivity contribution is 0.598. The molecular formula is C24H21Cl2FN2. The molecule has 4 aromatic rings. The second kappa shape index (κ2) is 9.00. The van der Waals surface area contributed by atoms with Crippen LogP contribution in [0.5, 0.6) is 0 Å². The number of hydrogen-bond acceptors (Lipinski definition) is 1. The van der Waals surface area contributed by atoms with Crippen molar-refractivity contribution in [2.75, 3.05) is 6.54 Å². The molecule has 0 spiro atoms. The van der Waals surface area contributed by atoms with Gasteiger partial charge in [0.25, 0.3) is 0 Å². The lowest BCUT2D eigenvalue weighted by Gasteiger charge is -2.09. The normalized spacial score (nSPS) is 11.3. The summed E-state index contributed by atoms with van der Waals surface area (Å²) in [5.41, 5.74) is 3.97. The zero-order valence-electron chi connectivity index (χ0n) is 15.8. The van der Waals surface area contributed by atoms with E-state index in [-0.39, 0.29) is 5.82 Å². The molecule has 0 unspecified atom stereocenters. The van der Waals surface area contributed by atoms with Crippen LogP contribution in [0.25, 0.3) is 10.9 Å². The van der Waals surface area contributed by atoms with E-state index in [0.29, 0.717) is 36.1 Å². The molecule has 0 fully saturated rings. The van der Waals surface area contributed by atoms with Gasteiger partial charge in [0.05, 0.1) is 6.54 Å². The maximum atomic E-state index is 13.8. The summed E-state index contributed by atoms with van der Waals surface area (Å²) in [6.07, 6.45) is 2.79. The molecule has 1 aromatic heterocycles. The van der Waals surface area contributed by atoms with Crippen molar-refractivity contribution in [2.24, 2.45) is 0 Å². The van der Waals surface area contributed by atoms with E-state index in [0.717, 1.165) is 16.6 Å². The molecule has 0 saturated heterocycles. The predicted molar refractivity (Wildman–Crippen MR) is 119 cm³/mol.